The molecule has 0 saturated carbocycles. The Balaban J connectivity index is 1.66. The number of nitro groups is 1. The van der Waals surface area contributed by atoms with Crippen molar-refractivity contribution in [1.82, 2.24) is 15.1 Å². The lowest BCUT2D eigenvalue weighted by atomic mass is 10.3. The van der Waals surface area contributed by atoms with E-state index in [0.29, 0.717) is 6.54 Å². The lowest BCUT2D eigenvalue weighted by Gasteiger charge is -2.11. The van der Waals surface area contributed by atoms with Gasteiger partial charge in [0.2, 0.25) is 0 Å². The summed E-state index contributed by atoms with van der Waals surface area (Å²) in [4.78, 5) is 11.3. The first kappa shape index (κ1) is 14.6. The minimum atomic E-state index is -0.627. The highest BCUT2D eigenvalue weighted by Gasteiger charge is 2.11. The molecule has 8 heteroatoms. The van der Waals surface area contributed by atoms with E-state index in [1.54, 1.807) is 11.3 Å². The number of nitrogens with one attached hydrogen (secondary N) is 1. The fourth-order valence-electron chi connectivity index (χ4n) is 1.76. The van der Waals surface area contributed by atoms with Crippen LogP contribution in [0.3, 0.4) is 0 Å². The highest BCUT2D eigenvalue weighted by atomic mass is 32.1. The SMILES string of the molecule is O=[N+]([O-])c1cnn(CC(O)CNCCc2cccs2)c1. The van der Waals surface area contributed by atoms with E-state index in [1.165, 1.54) is 22.0 Å². The van der Waals surface area contributed by atoms with Gasteiger partial charge >= 0.3 is 5.69 Å². The Hall–Kier alpha value is -1.77. The van der Waals surface area contributed by atoms with Crippen LogP contribution in [-0.4, -0.2) is 39.0 Å². The normalized spacial score (nSPS) is 12.4. The van der Waals surface area contributed by atoms with Crippen molar-refractivity contribution in [3.63, 3.8) is 0 Å². The maximum absolute atomic E-state index is 10.5. The second kappa shape index (κ2) is 7.13. The minimum absolute atomic E-state index is 0.0668. The predicted octanol–water partition coefficient (Wildman–Crippen LogP) is 1.05. The first-order valence-corrected chi connectivity index (χ1v) is 7.11. The van der Waals surface area contributed by atoms with Gasteiger partial charge in [-0.25, -0.2) is 0 Å². The van der Waals surface area contributed by atoms with Gasteiger partial charge in [0.15, 0.2) is 0 Å². The van der Waals surface area contributed by atoms with E-state index < -0.39 is 11.0 Å². The molecule has 0 fully saturated rings. The molecular weight excluding hydrogens is 280 g/mol. The van der Waals surface area contributed by atoms with Gasteiger partial charge in [-0.15, -0.1) is 11.3 Å². The van der Waals surface area contributed by atoms with Crippen molar-refractivity contribution in [1.29, 1.82) is 0 Å². The van der Waals surface area contributed by atoms with Gasteiger partial charge in [0.1, 0.15) is 12.4 Å². The van der Waals surface area contributed by atoms with Crippen LogP contribution in [0.2, 0.25) is 0 Å². The lowest BCUT2D eigenvalue weighted by Crippen LogP contribution is -2.31. The Morgan fingerprint density at radius 2 is 2.45 bits per heavy atom. The largest absolute Gasteiger partial charge is 0.390 e. The lowest BCUT2D eigenvalue weighted by molar-refractivity contribution is -0.385. The van der Waals surface area contributed by atoms with E-state index in [-0.39, 0.29) is 12.2 Å². The summed E-state index contributed by atoms with van der Waals surface area (Å²) in [5, 5.41) is 29.3. The van der Waals surface area contributed by atoms with Crippen LogP contribution >= 0.6 is 11.3 Å². The van der Waals surface area contributed by atoms with Crippen LogP contribution in [-0.2, 0) is 13.0 Å². The third kappa shape index (κ3) is 4.41. The number of aliphatic hydroxyl groups is 1. The van der Waals surface area contributed by atoms with Crippen molar-refractivity contribution in [2.24, 2.45) is 0 Å². The molecule has 0 aromatic carbocycles. The third-order valence-electron chi connectivity index (χ3n) is 2.74. The Bertz CT molecular complexity index is 541. The summed E-state index contributed by atoms with van der Waals surface area (Å²) in [6.45, 7) is 1.45. The number of nitrogens with zero attached hydrogens (tertiary/aromatic N) is 3. The molecular formula is C12H16N4O3S. The van der Waals surface area contributed by atoms with Crippen molar-refractivity contribution in [3.05, 3.63) is 44.9 Å². The van der Waals surface area contributed by atoms with Crippen LogP contribution in [0, 0.1) is 10.1 Å². The van der Waals surface area contributed by atoms with Gasteiger partial charge in [-0.3, -0.25) is 14.8 Å². The highest BCUT2D eigenvalue weighted by molar-refractivity contribution is 7.09. The summed E-state index contributed by atoms with van der Waals surface area (Å²) >= 11 is 1.71. The van der Waals surface area contributed by atoms with Gasteiger partial charge in [-0.05, 0) is 17.9 Å². The van der Waals surface area contributed by atoms with Crippen LogP contribution in [0.15, 0.2) is 29.9 Å². The van der Waals surface area contributed by atoms with Crippen molar-refractivity contribution >= 4 is 17.0 Å². The fraction of sp³-hybridized carbons (Fsp3) is 0.417. The number of hydrogen-bond acceptors (Lipinski definition) is 6. The summed E-state index contributed by atoms with van der Waals surface area (Å²) in [5.41, 5.74) is -0.0668. The molecule has 108 valence electrons. The Morgan fingerprint density at radius 1 is 1.60 bits per heavy atom. The smallest absolute Gasteiger partial charge is 0.306 e. The molecule has 0 spiro atoms. The summed E-state index contributed by atoms with van der Waals surface area (Å²) in [6, 6.07) is 4.09. The van der Waals surface area contributed by atoms with Gasteiger partial charge in [0, 0.05) is 18.0 Å². The van der Waals surface area contributed by atoms with Crippen LogP contribution in [0.1, 0.15) is 4.88 Å². The molecule has 1 atom stereocenters. The molecule has 0 radical (unpaired) electrons. The molecule has 0 amide bonds. The second-order valence-corrected chi connectivity index (χ2v) is 5.40. The molecule has 0 aliphatic rings. The zero-order valence-electron chi connectivity index (χ0n) is 10.8. The maximum Gasteiger partial charge on any atom is 0.306 e. The zero-order chi connectivity index (χ0) is 14.4. The summed E-state index contributed by atoms with van der Waals surface area (Å²) in [7, 11) is 0. The Kier molecular flexibility index (Phi) is 5.22. The molecule has 0 bridgehead atoms. The summed E-state index contributed by atoms with van der Waals surface area (Å²) in [6.07, 6.45) is 2.79. The number of rotatable bonds is 8. The minimum Gasteiger partial charge on any atom is -0.390 e. The van der Waals surface area contributed by atoms with Crippen molar-refractivity contribution in [2.75, 3.05) is 13.1 Å². The molecule has 2 heterocycles. The van der Waals surface area contributed by atoms with Gasteiger partial charge in [0.05, 0.1) is 17.6 Å². The van der Waals surface area contributed by atoms with E-state index in [1.807, 2.05) is 11.4 Å². The number of aliphatic hydroxyl groups excluding tert-OH is 1. The molecule has 2 aromatic rings. The highest BCUT2D eigenvalue weighted by Crippen LogP contribution is 2.09. The van der Waals surface area contributed by atoms with Gasteiger partial charge < -0.3 is 10.4 Å². The molecule has 0 aliphatic heterocycles. The number of aromatic nitrogens is 2. The molecule has 0 aliphatic carbocycles. The summed E-state index contributed by atoms with van der Waals surface area (Å²) in [5.74, 6) is 0. The van der Waals surface area contributed by atoms with Crippen molar-refractivity contribution in [3.8, 4) is 0 Å². The van der Waals surface area contributed by atoms with Gasteiger partial charge in [-0.1, -0.05) is 6.07 Å². The molecule has 7 nitrogen and oxygen atoms in total. The zero-order valence-corrected chi connectivity index (χ0v) is 11.6. The molecule has 1 unspecified atom stereocenters. The average molecular weight is 296 g/mol. The molecule has 0 saturated heterocycles. The quantitative estimate of drug-likeness (QED) is 0.431. The maximum atomic E-state index is 10.5. The van der Waals surface area contributed by atoms with E-state index >= 15 is 0 Å². The molecule has 2 rings (SSSR count). The van der Waals surface area contributed by atoms with Crippen LogP contribution in [0.5, 0.6) is 0 Å². The van der Waals surface area contributed by atoms with E-state index in [4.69, 9.17) is 0 Å². The predicted molar refractivity (Wildman–Crippen MR) is 75.8 cm³/mol. The first-order valence-electron chi connectivity index (χ1n) is 6.23. The van der Waals surface area contributed by atoms with E-state index in [0.717, 1.165) is 13.0 Å². The van der Waals surface area contributed by atoms with Crippen molar-refractivity contribution in [2.45, 2.75) is 19.1 Å². The fourth-order valence-corrected chi connectivity index (χ4v) is 2.47. The van der Waals surface area contributed by atoms with Crippen LogP contribution in [0.25, 0.3) is 0 Å². The van der Waals surface area contributed by atoms with Crippen molar-refractivity contribution < 1.29 is 10.0 Å². The van der Waals surface area contributed by atoms with Crippen LogP contribution in [0.4, 0.5) is 5.69 Å². The topological polar surface area (TPSA) is 93.2 Å². The number of hydrogen-bond donors (Lipinski definition) is 2. The van der Waals surface area contributed by atoms with Gasteiger partial charge in [-0.2, -0.15) is 5.10 Å². The number of thiophene rings is 1. The monoisotopic (exact) mass is 296 g/mol. The Morgan fingerprint density at radius 3 is 3.10 bits per heavy atom. The molecule has 2 N–H and O–H groups in total. The average Bonchev–Trinajstić information content (AvgIpc) is 3.05. The van der Waals surface area contributed by atoms with E-state index in [9.17, 15) is 15.2 Å². The molecule has 20 heavy (non-hydrogen) atoms. The second-order valence-electron chi connectivity index (χ2n) is 4.36. The summed E-state index contributed by atoms with van der Waals surface area (Å²) < 4.78 is 1.38. The molecule has 2 aromatic heterocycles. The Labute approximate surface area is 120 Å². The third-order valence-corrected chi connectivity index (χ3v) is 3.67. The van der Waals surface area contributed by atoms with Gasteiger partial charge in [0.25, 0.3) is 0 Å². The van der Waals surface area contributed by atoms with Crippen LogP contribution < -0.4 is 5.32 Å². The first-order chi connectivity index (χ1) is 9.65. The van der Waals surface area contributed by atoms with E-state index in [2.05, 4.69) is 16.5 Å². The standard InChI is InChI=1S/C12H16N4O3S/c17-11(7-13-4-3-12-2-1-5-20-12)9-15-8-10(6-14-15)16(18)19/h1-2,5-6,8,11,13,17H,3-4,7,9H2.